The van der Waals surface area contributed by atoms with Crippen molar-refractivity contribution in [3.05, 3.63) is 0 Å². The Morgan fingerprint density at radius 3 is 2.25 bits per heavy atom. The van der Waals surface area contributed by atoms with Gasteiger partial charge in [0.1, 0.15) is 11.8 Å². The zero-order valence-corrected chi connectivity index (χ0v) is 21.2. The van der Waals surface area contributed by atoms with Crippen LogP contribution in [0.5, 0.6) is 0 Å². The minimum Gasteiger partial charge on any atom is -0.354 e. The van der Waals surface area contributed by atoms with Crippen molar-refractivity contribution in [2.45, 2.75) is 122 Å². The molecular formula is C23H46N3O5P. The summed E-state index contributed by atoms with van der Waals surface area (Å²) in [5.74, 6) is -1.45. The molecule has 9 heteroatoms. The van der Waals surface area contributed by atoms with Crippen LogP contribution in [-0.4, -0.2) is 46.0 Å². The van der Waals surface area contributed by atoms with Gasteiger partial charge >= 0.3 is 7.60 Å². The van der Waals surface area contributed by atoms with Crippen molar-refractivity contribution < 1.29 is 23.9 Å². The smallest absolute Gasteiger partial charge is 0.342 e. The molecule has 188 valence electrons. The first-order valence-electron chi connectivity index (χ1n) is 12.5. The zero-order valence-electron chi connectivity index (χ0n) is 20.3. The lowest BCUT2D eigenvalue weighted by Gasteiger charge is -2.28. The zero-order chi connectivity index (χ0) is 24.0. The second kappa shape index (κ2) is 15.8. The van der Waals surface area contributed by atoms with E-state index in [9.17, 15) is 23.9 Å². The topological polar surface area (TPSA) is 128 Å². The van der Waals surface area contributed by atoms with E-state index in [4.69, 9.17) is 0 Å². The summed E-state index contributed by atoms with van der Waals surface area (Å²) in [5.41, 5.74) is 0. The van der Waals surface area contributed by atoms with Crippen molar-refractivity contribution >= 4 is 19.4 Å². The third-order valence-corrected chi connectivity index (χ3v) is 7.23. The van der Waals surface area contributed by atoms with Crippen LogP contribution in [0.15, 0.2) is 0 Å². The fraction of sp³-hybridized carbons (Fsp3) is 0.913. The molecule has 1 aliphatic heterocycles. The molecule has 0 saturated carbocycles. The first-order valence-corrected chi connectivity index (χ1v) is 14.2. The lowest BCUT2D eigenvalue weighted by atomic mass is 10.0. The maximum atomic E-state index is 13.2. The molecule has 0 aliphatic carbocycles. The Hall–Kier alpha value is -0.950. The highest BCUT2D eigenvalue weighted by Crippen LogP contribution is 2.42. The molecule has 1 rings (SSSR count). The van der Waals surface area contributed by atoms with Gasteiger partial charge in [-0.2, -0.15) is 0 Å². The van der Waals surface area contributed by atoms with Crippen LogP contribution in [-0.2, 0) is 14.2 Å². The summed E-state index contributed by atoms with van der Waals surface area (Å²) in [6, 6.07) is -1.38. The van der Waals surface area contributed by atoms with E-state index < -0.39 is 25.5 Å². The van der Waals surface area contributed by atoms with Gasteiger partial charge in [-0.25, -0.2) is 0 Å². The molecule has 0 aromatic rings. The van der Waals surface area contributed by atoms with E-state index in [1.54, 1.807) is 0 Å². The van der Waals surface area contributed by atoms with Crippen LogP contribution in [0.25, 0.3) is 0 Å². The van der Waals surface area contributed by atoms with Crippen molar-refractivity contribution in [1.29, 1.82) is 0 Å². The molecule has 3 atom stereocenters. The number of unbranched alkanes of at least 4 members (excludes halogenated alkanes) is 1. The summed E-state index contributed by atoms with van der Waals surface area (Å²) < 4.78 is 12.0. The molecule has 5 N–H and O–H groups in total. The van der Waals surface area contributed by atoms with E-state index in [1.807, 2.05) is 20.8 Å². The number of rotatable bonds is 10. The van der Waals surface area contributed by atoms with E-state index in [0.717, 1.165) is 38.5 Å². The fourth-order valence-corrected chi connectivity index (χ4v) is 5.00. The molecule has 0 radical (unpaired) electrons. The number of carbonyl (C=O) groups excluding carboxylic acids is 2. The van der Waals surface area contributed by atoms with Crippen LogP contribution in [0.2, 0.25) is 0 Å². The quantitative estimate of drug-likeness (QED) is 0.306. The van der Waals surface area contributed by atoms with Gasteiger partial charge in [-0.1, -0.05) is 78.6 Å². The monoisotopic (exact) mass is 475 g/mol. The number of hydrogen-bond acceptors (Lipinski definition) is 4. The number of hydrogen-bond donors (Lipinski definition) is 5. The summed E-state index contributed by atoms with van der Waals surface area (Å²) >= 11 is 0. The van der Waals surface area contributed by atoms with E-state index in [2.05, 4.69) is 16.0 Å². The van der Waals surface area contributed by atoms with Crippen molar-refractivity contribution in [3.8, 4) is 0 Å². The first-order chi connectivity index (χ1) is 15.1. The molecule has 1 saturated heterocycles. The SMILES string of the molecule is CCCC[C@@H](NC(CC(C)C)C(=O)NC1CCCCCCCCCCNC1=O)P(=O)(O)O. The third kappa shape index (κ3) is 12.3. The summed E-state index contributed by atoms with van der Waals surface area (Å²) in [4.78, 5) is 45.5. The predicted molar refractivity (Wildman–Crippen MR) is 128 cm³/mol. The Morgan fingerprint density at radius 1 is 1.09 bits per heavy atom. The molecule has 1 fully saturated rings. The normalized spacial score (nSPS) is 21.6. The molecule has 32 heavy (non-hydrogen) atoms. The van der Waals surface area contributed by atoms with Gasteiger partial charge in [0.25, 0.3) is 0 Å². The summed E-state index contributed by atoms with van der Waals surface area (Å²) in [5, 5.41) is 8.77. The van der Waals surface area contributed by atoms with Crippen LogP contribution in [0.4, 0.5) is 0 Å². The molecule has 2 amide bonds. The van der Waals surface area contributed by atoms with Gasteiger partial charge < -0.3 is 20.4 Å². The highest BCUT2D eigenvalue weighted by molar-refractivity contribution is 7.52. The third-order valence-electron chi connectivity index (χ3n) is 6.01. The van der Waals surface area contributed by atoms with Gasteiger partial charge in [0.2, 0.25) is 11.8 Å². The van der Waals surface area contributed by atoms with Gasteiger partial charge in [0.05, 0.1) is 6.04 Å². The van der Waals surface area contributed by atoms with E-state index in [0.29, 0.717) is 32.2 Å². The summed E-state index contributed by atoms with van der Waals surface area (Å²) in [6.45, 7) is 6.49. The van der Waals surface area contributed by atoms with Crippen LogP contribution in [0.3, 0.4) is 0 Å². The second-order valence-corrected chi connectivity index (χ2v) is 11.4. The number of amides is 2. The predicted octanol–water partition coefficient (Wildman–Crippen LogP) is 3.81. The van der Waals surface area contributed by atoms with Crippen LogP contribution < -0.4 is 16.0 Å². The van der Waals surface area contributed by atoms with Crippen LogP contribution >= 0.6 is 7.60 Å². The van der Waals surface area contributed by atoms with Crippen molar-refractivity contribution in [3.63, 3.8) is 0 Å². The number of carbonyl (C=O) groups is 2. The Kier molecular flexibility index (Phi) is 14.4. The minimum absolute atomic E-state index is 0.149. The van der Waals surface area contributed by atoms with Crippen molar-refractivity contribution in [1.82, 2.24) is 16.0 Å². The van der Waals surface area contributed by atoms with Crippen molar-refractivity contribution in [2.75, 3.05) is 6.54 Å². The molecule has 1 heterocycles. The Bertz CT molecular complexity index is 596. The second-order valence-electron chi connectivity index (χ2n) is 9.57. The molecule has 0 bridgehead atoms. The average molecular weight is 476 g/mol. The fourth-order valence-electron chi connectivity index (χ4n) is 4.11. The van der Waals surface area contributed by atoms with E-state index in [-0.39, 0.29) is 17.7 Å². The molecule has 8 nitrogen and oxygen atoms in total. The maximum Gasteiger partial charge on any atom is 0.342 e. The Morgan fingerprint density at radius 2 is 1.69 bits per heavy atom. The molecule has 0 aromatic carbocycles. The number of nitrogens with one attached hydrogen (secondary N) is 3. The summed E-state index contributed by atoms with van der Waals surface area (Å²) in [6.07, 6.45) is 11.5. The average Bonchev–Trinajstić information content (AvgIpc) is 2.72. The molecule has 2 unspecified atom stereocenters. The van der Waals surface area contributed by atoms with Gasteiger partial charge in [0, 0.05) is 6.54 Å². The van der Waals surface area contributed by atoms with E-state index in [1.165, 1.54) is 19.3 Å². The Labute approximate surface area is 194 Å². The van der Waals surface area contributed by atoms with E-state index >= 15 is 0 Å². The molecule has 1 aliphatic rings. The standard InChI is InChI=1S/C23H46N3O5P/c1-4-5-15-21(32(29,30)31)25-20(17-18(2)3)23(28)26-19-14-12-10-8-6-7-9-11-13-16-24-22(19)27/h18-21,25H,4-17H2,1-3H3,(H,24,27)(H,26,28)(H2,29,30,31)/t19?,20?,21-/m0/s1. The maximum absolute atomic E-state index is 13.2. The van der Waals surface area contributed by atoms with Crippen LogP contribution in [0.1, 0.15) is 104 Å². The van der Waals surface area contributed by atoms with Crippen molar-refractivity contribution in [2.24, 2.45) is 5.92 Å². The molecular weight excluding hydrogens is 429 g/mol. The van der Waals surface area contributed by atoms with Gasteiger partial charge in [-0.05, 0) is 31.6 Å². The van der Waals surface area contributed by atoms with Gasteiger partial charge in [-0.3, -0.25) is 19.5 Å². The minimum atomic E-state index is -4.40. The Balaban J connectivity index is 2.88. The molecule has 0 aromatic heterocycles. The molecule has 0 spiro atoms. The lowest BCUT2D eigenvalue weighted by molar-refractivity contribution is -0.130. The largest absolute Gasteiger partial charge is 0.354 e. The lowest BCUT2D eigenvalue weighted by Crippen LogP contribution is -2.54. The van der Waals surface area contributed by atoms with Crippen LogP contribution in [0, 0.1) is 5.92 Å². The van der Waals surface area contributed by atoms with Gasteiger partial charge in [-0.15, -0.1) is 0 Å². The highest BCUT2D eigenvalue weighted by Gasteiger charge is 2.34. The van der Waals surface area contributed by atoms with Gasteiger partial charge in [0.15, 0.2) is 0 Å². The first kappa shape index (κ1) is 29.1. The summed E-state index contributed by atoms with van der Waals surface area (Å²) in [7, 11) is -4.40. The highest BCUT2D eigenvalue weighted by atomic mass is 31.2.